The number of nitrogens with one attached hydrogen (secondary N) is 2. The standard InChI is InChI=1S/C16H32N2O/c1-13(2)17-12-8-11-16(19)18-14(3)15-9-6-4-5-7-10-15/h13-15,17H,4-12H2,1-3H3,(H,18,19)/t14-/m1/s1. The smallest absolute Gasteiger partial charge is 0.220 e. The lowest BCUT2D eigenvalue weighted by atomic mass is 9.93. The number of carbonyl (C=O) groups excluding carboxylic acids is 1. The number of hydrogen-bond acceptors (Lipinski definition) is 2. The first-order chi connectivity index (χ1) is 9.09. The average Bonchev–Trinajstić information content (AvgIpc) is 2.63. The van der Waals surface area contributed by atoms with Crippen molar-refractivity contribution < 1.29 is 4.79 Å². The fraction of sp³-hybridized carbons (Fsp3) is 0.938. The molecule has 0 aliphatic heterocycles. The molecule has 1 atom stereocenters. The van der Waals surface area contributed by atoms with Crippen LogP contribution in [0, 0.1) is 5.92 Å². The normalized spacial score (nSPS) is 19.2. The Bertz CT molecular complexity index is 245. The van der Waals surface area contributed by atoms with Gasteiger partial charge in [0.1, 0.15) is 0 Å². The molecule has 2 N–H and O–H groups in total. The van der Waals surface area contributed by atoms with Crippen molar-refractivity contribution in [3.05, 3.63) is 0 Å². The lowest BCUT2D eigenvalue weighted by Crippen LogP contribution is -2.38. The zero-order valence-electron chi connectivity index (χ0n) is 13.0. The summed E-state index contributed by atoms with van der Waals surface area (Å²) in [6.45, 7) is 7.38. The molecule has 0 radical (unpaired) electrons. The van der Waals surface area contributed by atoms with Crippen LogP contribution < -0.4 is 10.6 Å². The van der Waals surface area contributed by atoms with Gasteiger partial charge in [0.05, 0.1) is 0 Å². The molecular weight excluding hydrogens is 236 g/mol. The third-order valence-corrected chi connectivity index (χ3v) is 4.13. The maximum atomic E-state index is 11.9. The highest BCUT2D eigenvalue weighted by atomic mass is 16.1. The molecule has 1 amide bonds. The fourth-order valence-corrected chi connectivity index (χ4v) is 2.89. The maximum Gasteiger partial charge on any atom is 0.220 e. The molecule has 0 saturated heterocycles. The molecular formula is C16H32N2O. The molecule has 0 unspecified atom stereocenters. The van der Waals surface area contributed by atoms with E-state index in [-0.39, 0.29) is 5.91 Å². The number of amides is 1. The van der Waals surface area contributed by atoms with Gasteiger partial charge in [-0.3, -0.25) is 4.79 Å². The molecule has 112 valence electrons. The van der Waals surface area contributed by atoms with Crippen LogP contribution >= 0.6 is 0 Å². The Balaban J connectivity index is 2.15. The molecule has 1 saturated carbocycles. The largest absolute Gasteiger partial charge is 0.353 e. The second-order valence-corrected chi connectivity index (χ2v) is 6.32. The zero-order valence-corrected chi connectivity index (χ0v) is 13.0. The van der Waals surface area contributed by atoms with Crippen molar-refractivity contribution in [3.8, 4) is 0 Å². The Morgan fingerprint density at radius 1 is 1.11 bits per heavy atom. The summed E-state index contributed by atoms with van der Waals surface area (Å²) in [5.74, 6) is 0.919. The summed E-state index contributed by atoms with van der Waals surface area (Å²) in [6.07, 6.45) is 9.58. The average molecular weight is 268 g/mol. The lowest BCUT2D eigenvalue weighted by molar-refractivity contribution is -0.122. The summed E-state index contributed by atoms with van der Waals surface area (Å²) in [4.78, 5) is 11.9. The highest BCUT2D eigenvalue weighted by Crippen LogP contribution is 2.25. The maximum absolute atomic E-state index is 11.9. The van der Waals surface area contributed by atoms with Crippen LogP contribution in [-0.2, 0) is 4.79 Å². The van der Waals surface area contributed by atoms with Crippen LogP contribution in [0.4, 0.5) is 0 Å². The summed E-state index contributed by atoms with van der Waals surface area (Å²) in [5.41, 5.74) is 0. The predicted molar refractivity (Wildman–Crippen MR) is 81.2 cm³/mol. The highest BCUT2D eigenvalue weighted by Gasteiger charge is 2.20. The summed E-state index contributed by atoms with van der Waals surface area (Å²) in [5, 5.41) is 6.54. The molecule has 0 aromatic heterocycles. The third kappa shape index (κ3) is 7.56. The van der Waals surface area contributed by atoms with Crippen molar-refractivity contribution in [2.24, 2.45) is 5.92 Å². The van der Waals surface area contributed by atoms with E-state index in [4.69, 9.17) is 0 Å². The third-order valence-electron chi connectivity index (χ3n) is 4.13. The first-order valence-electron chi connectivity index (χ1n) is 8.12. The molecule has 0 aromatic rings. The van der Waals surface area contributed by atoms with E-state index in [0.717, 1.165) is 13.0 Å². The molecule has 3 nitrogen and oxygen atoms in total. The van der Waals surface area contributed by atoms with Crippen LogP contribution in [0.1, 0.15) is 72.1 Å². The van der Waals surface area contributed by atoms with Gasteiger partial charge in [-0.2, -0.15) is 0 Å². The Morgan fingerprint density at radius 3 is 2.32 bits per heavy atom. The van der Waals surface area contributed by atoms with Gasteiger partial charge in [0, 0.05) is 18.5 Å². The molecule has 1 aliphatic rings. The van der Waals surface area contributed by atoms with Gasteiger partial charge in [0.2, 0.25) is 5.91 Å². The quantitative estimate of drug-likeness (QED) is 0.550. The first-order valence-corrected chi connectivity index (χ1v) is 8.12. The summed E-state index contributed by atoms with van der Waals surface area (Å²) in [7, 11) is 0. The van der Waals surface area contributed by atoms with Gasteiger partial charge in [-0.1, -0.05) is 39.5 Å². The second-order valence-electron chi connectivity index (χ2n) is 6.32. The topological polar surface area (TPSA) is 41.1 Å². The minimum Gasteiger partial charge on any atom is -0.353 e. The number of carbonyl (C=O) groups is 1. The Kier molecular flexibility index (Phi) is 8.11. The molecule has 1 rings (SSSR count). The predicted octanol–water partition coefficient (Wildman–Crippen LogP) is 3.24. The summed E-state index contributed by atoms with van der Waals surface area (Å²) in [6, 6.07) is 0.858. The van der Waals surface area contributed by atoms with Gasteiger partial charge in [-0.15, -0.1) is 0 Å². The Morgan fingerprint density at radius 2 is 1.74 bits per heavy atom. The van der Waals surface area contributed by atoms with Crippen molar-refractivity contribution in [1.82, 2.24) is 10.6 Å². The molecule has 0 bridgehead atoms. The van der Waals surface area contributed by atoms with Crippen molar-refractivity contribution in [1.29, 1.82) is 0 Å². The lowest BCUT2D eigenvalue weighted by Gasteiger charge is -2.23. The van der Waals surface area contributed by atoms with Gasteiger partial charge < -0.3 is 10.6 Å². The summed E-state index contributed by atoms with van der Waals surface area (Å²) < 4.78 is 0. The summed E-state index contributed by atoms with van der Waals surface area (Å²) >= 11 is 0. The Labute approximate surface area is 118 Å². The van der Waals surface area contributed by atoms with Crippen molar-refractivity contribution >= 4 is 5.91 Å². The molecule has 0 spiro atoms. The monoisotopic (exact) mass is 268 g/mol. The molecule has 0 aromatic carbocycles. The number of rotatable bonds is 7. The van der Waals surface area contributed by atoms with E-state index >= 15 is 0 Å². The minimum absolute atomic E-state index is 0.224. The molecule has 1 fully saturated rings. The van der Waals surface area contributed by atoms with Crippen LogP contribution in [0.5, 0.6) is 0 Å². The molecule has 0 heterocycles. The van der Waals surface area contributed by atoms with E-state index in [1.165, 1.54) is 38.5 Å². The zero-order chi connectivity index (χ0) is 14.1. The van der Waals surface area contributed by atoms with Gasteiger partial charge in [-0.25, -0.2) is 0 Å². The van der Waals surface area contributed by atoms with Crippen LogP contribution in [0.3, 0.4) is 0 Å². The van der Waals surface area contributed by atoms with E-state index in [9.17, 15) is 4.79 Å². The van der Waals surface area contributed by atoms with Crippen LogP contribution in [0.15, 0.2) is 0 Å². The van der Waals surface area contributed by atoms with E-state index in [1.54, 1.807) is 0 Å². The van der Waals surface area contributed by atoms with Crippen LogP contribution in [0.2, 0.25) is 0 Å². The van der Waals surface area contributed by atoms with Crippen LogP contribution in [0.25, 0.3) is 0 Å². The van der Waals surface area contributed by atoms with Gasteiger partial charge in [0.15, 0.2) is 0 Å². The van der Waals surface area contributed by atoms with E-state index < -0.39 is 0 Å². The van der Waals surface area contributed by atoms with Crippen LogP contribution in [-0.4, -0.2) is 24.5 Å². The fourth-order valence-electron chi connectivity index (χ4n) is 2.89. The van der Waals surface area contributed by atoms with E-state index in [2.05, 4.69) is 31.4 Å². The SMILES string of the molecule is CC(C)NCCCC(=O)N[C@H](C)C1CCCCCC1. The Hall–Kier alpha value is -0.570. The van der Waals surface area contributed by atoms with Crippen molar-refractivity contribution in [2.45, 2.75) is 84.2 Å². The molecule has 1 aliphatic carbocycles. The minimum atomic E-state index is 0.224. The van der Waals surface area contributed by atoms with Gasteiger partial charge in [0.25, 0.3) is 0 Å². The first kappa shape index (κ1) is 16.5. The molecule has 3 heteroatoms. The van der Waals surface area contributed by atoms with E-state index in [1.807, 2.05) is 0 Å². The van der Waals surface area contributed by atoms with Gasteiger partial charge >= 0.3 is 0 Å². The van der Waals surface area contributed by atoms with Gasteiger partial charge in [-0.05, 0) is 38.6 Å². The van der Waals surface area contributed by atoms with E-state index in [0.29, 0.717) is 24.4 Å². The van der Waals surface area contributed by atoms with Crippen molar-refractivity contribution in [2.75, 3.05) is 6.54 Å². The highest BCUT2D eigenvalue weighted by molar-refractivity contribution is 5.76. The molecule has 19 heavy (non-hydrogen) atoms. The number of hydrogen-bond donors (Lipinski definition) is 2. The van der Waals surface area contributed by atoms with Crippen molar-refractivity contribution in [3.63, 3.8) is 0 Å². The second kappa shape index (κ2) is 9.35.